The van der Waals surface area contributed by atoms with E-state index < -0.39 is 0 Å². The molecule has 0 N–H and O–H groups in total. The highest BCUT2D eigenvalue weighted by Gasteiger charge is 2.52. The lowest BCUT2D eigenvalue weighted by Gasteiger charge is -2.56. The SMILES string of the molecule is N#Cc1cc(C23CC4CC(CC(C4)C2)C3)nc(Cl)n1. The van der Waals surface area contributed by atoms with Crippen LogP contribution in [-0.4, -0.2) is 9.97 Å². The summed E-state index contributed by atoms with van der Waals surface area (Å²) in [6.07, 6.45) is 7.92. The molecular formula is C15H16ClN3. The van der Waals surface area contributed by atoms with Crippen molar-refractivity contribution in [2.24, 2.45) is 17.8 Å². The lowest BCUT2D eigenvalue weighted by atomic mass is 9.49. The molecule has 4 aliphatic rings. The fourth-order valence-corrected chi connectivity index (χ4v) is 5.35. The third-order valence-corrected chi connectivity index (χ3v) is 5.56. The molecule has 0 atom stereocenters. The normalized spacial score (nSPS) is 39.3. The monoisotopic (exact) mass is 273 g/mol. The summed E-state index contributed by atoms with van der Waals surface area (Å²) >= 11 is 6.00. The van der Waals surface area contributed by atoms with Crippen LogP contribution in [0.15, 0.2) is 6.07 Å². The summed E-state index contributed by atoms with van der Waals surface area (Å²) in [5.41, 5.74) is 1.63. The Kier molecular flexibility index (Phi) is 2.41. The fraction of sp³-hybridized carbons (Fsp3) is 0.667. The van der Waals surface area contributed by atoms with E-state index in [1.165, 1.54) is 38.5 Å². The van der Waals surface area contributed by atoms with Crippen LogP contribution in [0.5, 0.6) is 0 Å². The average molecular weight is 274 g/mol. The van der Waals surface area contributed by atoms with Gasteiger partial charge < -0.3 is 0 Å². The fourth-order valence-electron chi connectivity index (χ4n) is 5.17. The van der Waals surface area contributed by atoms with Crippen LogP contribution >= 0.6 is 11.6 Å². The maximum Gasteiger partial charge on any atom is 0.223 e. The van der Waals surface area contributed by atoms with Crippen molar-refractivity contribution in [2.75, 3.05) is 0 Å². The molecule has 3 nitrogen and oxygen atoms in total. The molecule has 19 heavy (non-hydrogen) atoms. The summed E-state index contributed by atoms with van der Waals surface area (Å²) in [4.78, 5) is 8.45. The van der Waals surface area contributed by atoms with Gasteiger partial charge in [0.25, 0.3) is 0 Å². The number of hydrogen-bond donors (Lipinski definition) is 0. The van der Waals surface area contributed by atoms with Crippen LogP contribution in [0.4, 0.5) is 0 Å². The van der Waals surface area contributed by atoms with Gasteiger partial charge in [-0.15, -0.1) is 0 Å². The summed E-state index contributed by atoms with van der Waals surface area (Å²) < 4.78 is 0. The Balaban J connectivity index is 1.79. The Morgan fingerprint density at radius 1 is 1.11 bits per heavy atom. The second-order valence-corrected chi connectivity index (χ2v) is 7.06. The molecule has 1 aromatic heterocycles. The number of aromatic nitrogens is 2. The Bertz CT molecular complexity index is 540. The van der Waals surface area contributed by atoms with Crippen LogP contribution < -0.4 is 0 Å². The molecule has 4 fully saturated rings. The average Bonchev–Trinajstić information content (AvgIpc) is 2.36. The molecule has 4 bridgehead atoms. The van der Waals surface area contributed by atoms with Crippen LogP contribution in [0, 0.1) is 29.1 Å². The highest BCUT2D eigenvalue weighted by molar-refractivity contribution is 6.28. The molecule has 0 saturated heterocycles. The molecule has 4 heteroatoms. The summed E-state index contributed by atoms with van der Waals surface area (Å²) in [6.45, 7) is 0. The van der Waals surface area contributed by atoms with E-state index in [9.17, 15) is 0 Å². The van der Waals surface area contributed by atoms with Crippen molar-refractivity contribution in [3.8, 4) is 6.07 Å². The summed E-state index contributed by atoms with van der Waals surface area (Å²) in [7, 11) is 0. The number of nitrogens with zero attached hydrogens (tertiary/aromatic N) is 3. The van der Waals surface area contributed by atoms with Gasteiger partial charge in [0.05, 0.1) is 5.69 Å². The number of nitriles is 1. The summed E-state index contributed by atoms with van der Waals surface area (Å²) in [6, 6.07) is 3.98. The number of rotatable bonds is 1. The summed E-state index contributed by atoms with van der Waals surface area (Å²) in [5, 5.41) is 9.30. The molecule has 0 aliphatic heterocycles. The maximum absolute atomic E-state index is 9.07. The van der Waals surface area contributed by atoms with Gasteiger partial charge in [0.1, 0.15) is 11.8 Å². The molecule has 1 aromatic rings. The molecule has 0 unspecified atom stereocenters. The van der Waals surface area contributed by atoms with Gasteiger partial charge in [0, 0.05) is 5.41 Å². The minimum Gasteiger partial charge on any atom is -0.222 e. The van der Waals surface area contributed by atoms with Crippen molar-refractivity contribution in [3.63, 3.8) is 0 Å². The Morgan fingerprint density at radius 2 is 1.68 bits per heavy atom. The number of hydrogen-bond acceptors (Lipinski definition) is 3. The Morgan fingerprint density at radius 3 is 2.21 bits per heavy atom. The molecule has 0 spiro atoms. The third-order valence-electron chi connectivity index (χ3n) is 5.39. The Labute approximate surface area is 118 Å². The quantitative estimate of drug-likeness (QED) is 0.736. The minimum atomic E-state index is 0.187. The molecule has 4 aliphatic carbocycles. The third kappa shape index (κ3) is 1.77. The van der Waals surface area contributed by atoms with Crippen LogP contribution in [-0.2, 0) is 5.41 Å². The molecular weight excluding hydrogens is 258 g/mol. The first-order valence-corrected chi connectivity index (χ1v) is 7.50. The zero-order chi connectivity index (χ0) is 13.0. The van der Waals surface area contributed by atoms with Crippen molar-refractivity contribution >= 4 is 11.6 Å². The predicted molar refractivity (Wildman–Crippen MR) is 71.6 cm³/mol. The lowest BCUT2D eigenvalue weighted by Crippen LogP contribution is -2.49. The van der Waals surface area contributed by atoms with Crippen molar-refractivity contribution in [3.05, 3.63) is 22.7 Å². The van der Waals surface area contributed by atoms with Crippen molar-refractivity contribution in [1.29, 1.82) is 5.26 Å². The van der Waals surface area contributed by atoms with E-state index in [2.05, 4.69) is 16.0 Å². The molecule has 5 rings (SSSR count). The van der Waals surface area contributed by atoms with Gasteiger partial charge in [-0.3, -0.25) is 0 Å². The zero-order valence-electron chi connectivity index (χ0n) is 10.8. The molecule has 0 amide bonds. The first-order chi connectivity index (χ1) is 9.17. The molecule has 0 radical (unpaired) electrons. The van der Waals surface area contributed by atoms with Gasteiger partial charge in [0.15, 0.2) is 0 Å². The zero-order valence-corrected chi connectivity index (χ0v) is 11.5. The van der Waals surface area contributed by atoms with E-state index in [1.54, 1.807) is 0 Å². The van der Waals surface area contributed by atoms with Gasteiger partial charge >= 0.3 is 0 Å². The van der Waals surface area contributed by atoms with Crippen molar-refractivity contribution in [2.45, 2.75) is 43.9 Å². The topological polar surface area (TPSA) is 49.6 Å². The summed E-state index contributed by atoms with van der Waals surface area (Å²) in [5.74, 6) is 2.60. The minimum absolute atomic E-state index is 0.187. The maximum atomic E-state index is 9.07. The van der Waals surface area contributed by atoms with Gasteiger partial charge in [-0.2, -0.15) is 5.26 Å². The van der Waals surface area contributed by atoms with Crippen LogP contribution in [0.2, 0.25) is 5.28 Å². The largest absolute Gasteiger partial charge is 0.223 e. The van der Waals surface area contributed by atoms with Crippen molar-refractivity contribution in [1.82, 2.24) is 9.97 Å². The van der Waals surface area contributed by atoms with E-state index in [1.807, 2.05) is 6.07 Å². The van der Waals surface area contributed by atoms with E-state index in [-0.39, 0.29) is 10.7 Å². The first-order valence-electron chi connectivity index (χ1n) is 7.12. The Hall–Kier alpha value is -1.14. The van der Waals surface area contributed by atoms with Crippen LogP contribution in [0.25, 0.3) is 0 Å². The first kappa shape index (κ1) is 11.7. The van der Waals surface area contributed by atoms with E-state index in [4.69, 9.17) is 16.9 Å². The highest BCUT2D eigenvalue weighted by Crippen LogP contribution is 2.60. The second kappa shape index (κ2) is 3.93. The van der Waals surface area contributed by atoms with Crippen LogP contribution in [0.3, 0.4) is 0 Å². The van der Waals surface area contributed by atoms with Gasteiger partial charge in [0.2, 0.25) is 5.28 Å². The standard InChI is InChI=1S/C15H16ClN3/c16-14-18-12(8-17)4-13(19-14)15-5-9-1-10(6-15)3-11(2-9)7-15/h4,9-11H,1-3,5-7H2. The van der Waals surface area contributed by atoms with E-state index >= 15 is 0 Å². The molecule has 0 aromatic carbocycles. The molecule has 1 heterocycles. The van der Waals surface area contributed by atoms with E-state index in [0.29, 0.717) is 5.69 Å². The van der Waals surface area contributed by atoms with Gasteiger partial charge in [-0.25, -0.2) is 9.97 Å². The van der Waals surface area contributed by atoms with E-state index in [0.717, 1.165) is 23.4 Å². The van der Waals surface area contributed by atoms with Crippen molar-refractivity contribution < 1.29 is 0 Å². The number of halogens is 1. The van der Waals surface area contributed by atoms with Crippen LogP contribution in [0.1, 0.15) is 49.9 Å². The molecule has 98 valence electrons. The smallest absolute Gasteiger partial charge is 0.222 e. The lowest BCUT2D eigenvalue weighted by molar-refractivity contribution is -0.00727. The van der Waals surface area contributed by atoms with Gasteiger partial charge in [-0.1, -0.05) is 0 Å². The van der Waals surface area contributed by atoms with Gasteiger partial charge in [-0.05, 0) is 73.9 Å². The predicted octanol–water partition coefficient (Wildman–Crippen LogP) is 3.47. The second-order valence-electron chi connectivity index (χ2n) is 6.72. The molecule has 4 saturated carbocycles. The highest BCUT2D eigenvalue weighted by atomic mass is 35.5.